The number of hydrogen-bond acceptors (Lipinski definition) is 5. The van der Waals surface area contributed by atoms with E-state index in [1.165, 1.54) is 0 Å². The summed E-state index contributed by atoms with van der Waals surface area (Å²) < 4.78 is 12.4. The van der Waals surface area contributed by atoms with E-state index in [-0.39, 0.29) is 0 Å². The topological polar surface area (TPSA) is 51.4 Å². The fourth-order valence-electron chi connectivity index (χ4n) is 2.45. The quantitative estimate of drug-likeness (QED) is 0.462. The molecule has 7 heteroatoms. The molecule has 1 heterocycles. The van der Waals surface area contributed by atoms with Crippen LogP contribution in [0.15, 0.2) is 57.4 Å². The molecule has 0 radical (unpaired) electrons. The van der Waals surface area contributed by atoms with Crippen molar-refractivity contribution in [1.29, 1.82) is 0 Å². The molecule has 0 spiro atoms. The Balaban J connectivity index is 1.45. The van der Waals surface area contributed by atoms with Crippen LogP contribution in [0.25, 0.3) is 11.5 Å². The van der Waals surface area contributed by atoms with Crippen molar-refractivity contribution in [3.8, 4) is 17.2 Å². The first-order valence-electron chi connectivity index (χ1n) is 8.26. The minimum atomic E-state index is 0.519. The summed E-state index contributed by atoms with van der Waals surface area (Å²) in [6.07, 6.45) is 0.883. The maximum atomic E-state index is 5.94. The van der Waals surface area contributed by atoms with Crippen LogP contribution in [0.2, 0.25) is 5.02 Å². The minimum Gasteiger partial charge on any atom is -0.493 e. The van der Waals surface area contributed by atoms with Gasteiger partial charge in [0.2, 0.25) is 11.8 Å². The van der Waals surface area contributed by atoms with E-state index in [0.29, 0.717) is 30.0 Å². The molecule has 26 heavy (non-hydrogen) atoms. The second kappa shape index (κ2) is 9.16. The normalized spacial score (nSPS) is 11.1. The van der Waals surface area contributed by atoms with Crippen LogP contribution < -0.4 is 4.74 Å². The fraction of sp³-hybridized carbons (Fsp3) is 0.263. The van der Waals surface area contributed by atoms with Crippen LogP contribution in [-0.2, 0) is 6.54 Å². The van der Waals surface area contributed by atoms with Crippen LogP contribution in [0.1, 0.15) is 12.3 Å². The minimum absolute atomic E-state index is 0.519. The maximum Gasteiger partial charge on any atom is 0.248 e. The Morgan fingerprint density at radius 3 is 2.81 bits per heavy atom. The SMILES string of the molecule is CN(CCCOc1cccc(Cl)c1)Cc1nnc(-c2ccccc2Br)o1. The van der Waals surface area contributed by atoms with E-state index in [1.807, 2.05) is 55.6 Å². The first-order chi connectivity index (χ1) is 12.6. The molecular weight excluding hydrogens is 418 g/mol. The van der Waals surface area contributed by atoms with Gasteiger partial charge in [-0.15, -0.1) is 10.2 Å². The molecule has 3 aromatic rings. The molecule has 0 aliphatic heterocycles. The zero-order valence-electron chi connectivity index (χ0n) is 14.4. The summed E-state index contributed by atoms with van der Waals surface area (Å²) >= 11 is 9.44. The molecule has 0 saturated heterocycles. The van der Waals surface area contributed by atoms with Crippen LogP contribution >= 0.6 is 27.5 Å². The molecule has 0 fully saturated rings. The van der Waals surface area contributed by atoms with Gasteiger partial charge in [-0.25, -0.2) is 0 Å². The van der Waals surface area contributed by atoms with Gasteiger partial charge in [0.15, 0.2) is 0 Å². The second-order valence-corrected chi connectivity index (χ2v) is 7.17. The van der Waals surface area contributed by atoms with E-state index in [0.717, 1.165) is 28.8 Å². The molecule has 0 bridgehead atoms. The average molecular weight is 437 g/mol. The molecule has 0 unspecified atom stereocenters. The third-order valence-electron chi connectivity index (χ3n) is 3.73. The molecule has 0 amide bonds. The molecule has 5 nitrogen and oxygen atoms in total. The van der Waals surface area contributed by atoms with E-state index in [9.17, 15) is 0 Å². The summed E-state index contributed by atoms with van der Waals surface area (Å²) in [5.41, 5.74) is 0.892. The van der Waals surface area contributed by atoms with E-state index < -0.39 is 0 Å². The highest BCUT2D eigenvalue weighted by Crippen LogP contribution is 2.26. The second-order valence-electron chi connectivity index (χ2n) is 5.88. The van der Waals surface area contributed by atoms with Crippen LogP contribution in [0, 0.1) is 0 Å². The Bertz CT molecular complexity index is 856. The van der Waals surface area contributed by atoms with Crippen LogP contribution in [0.5, 0.6) is 5.75 Å². The molecule has 136 valence electrons. The Labute approximate surface area is 166 Å². The number of hydrogen-bond donors (Lipinski definition) is 0. The van der Waals surface area contributed by atoms with E-state index in [1.54, 1.807) is 0 Å². The third-order valence-corrected chi connectivity index (χ3v) is 4.65. The van der Waals surface area contributed by atoms with Crippen molar-refractivity contribution < 1.29 is 9.15 Å². The third kappa shape index (κ3) is 5.30. The van der Waals surface area contributed by atoms with Crippen LogP contribution in [0.4, 0.5) is 0 Å². The Morgan fingerprint density at radius 1 is 1.15 bits per heavy atom. The van der Waals surface area contributed by atoms with Crippen molar-refractivity contribution in [3.05, 3.63) is 63.9 Å². The number of rotatable bonds is 8. The number of nitrogens with zero attached hydrogens (tertiary/aromatic N) is 3. The fourth-order valence-corrected chi connectivity index (χ4v) is 3.09. The lowest BCUT2D eigenvalue weighted by atomic mass is 10.2. The first-order valence-corrected chi connectivity index (χ1v) is 9.43. The summed E-state index contributed by atoms with van der Waals surface area (Å²) in [5.74, 6) is 1.90. The van der Waals surface area contributed by atoms with Gasteiger partial charge in [0.05, 0.1) is 18.7 Å². The highest BCUT2D eigenvalue weighted by Gasteiger charge is 2.12. The Kier molecular flexibility index (Phi) is 6.66. The molecule has 2 aromatic carbocycles. The van der Waals surface area contributed by atoms with Crippen LogP contribution in [0.3, 0.4) is 0 Å². The van der Waals surface area contributed by atoms with Gasteiger partial charge < -0.3 is 9.15 Å². The van der Waals surface area contributed by atoms with Gasteiger partial charge in [0.1, 0.15) is 5.75 Å². The zero-order valence-corrected chi connectivity index (χ0v) is 16.7. The Morgan fingerprint density at radius 2 is 2.00 bits per heavy atom. The number of halogens is 2. The summed E-state index contributed by atoms with van der Waals surface area (Å²) in [6, 6.07) is 15.2. The summed E-state index contributed by atoms with van der Waals surface area (Å²) in [4.78, 5) is 2.12. The zero-order chi connectivity index (χ0) is 18.4. The van der Waals surface area contributed by atoms with Gasteiger partial charge in [-0.05, 0) is 59.7 Å². The van der Waals surface area contributed by atoms with Crippen molar-refractivity contribution in [2.75, 3.05) is 20.2 Å². The average Bonchev–Trinajstić information content (AvgIpc) is 3.07. The standard InChI is InChI=1S/C19H19BrClN3O2/c1-24(10-5-11-25-15-7-4-6-14(21)12-15)13-18-22-23-19(26-18)16-8-2-3-9-17(16)20/h2-4,6-9,12H,5,10-11,13H2,1H3. The summed E-state index contributed by atoms with van der Waals surface area (Å²) in [6.45, 7) is 2.07. The predicted octanol–water partition coefficient (Wildman–Crippen LogP) is 5.05. The Hall–Kier alpha value is -1.89. The largest absolute Gasteiger partial charge is 0.493 e. The molecule has 0 atom stereocenters. The molecule has 3 rings (SSSR count). The van der Waals surface area contributed by atoms with E-state index in [2.05, 4.69) is 31.0 Å². The lowest BCUT2D eigenvalue weighted by molar-refractivity contribution is 0.245. The summed E-state index contributed by atoms with van der Waals surface area (Å²) in [7, 11) is 2.02. The van der Waals surface area contributed by atoms with Crippen molar-refractivity contribution in [2.45, 2.75) is 13.0 Å². The molecule has 0 N–H and O–H groups in total. The van der Waals surface area contributed by atoms with Gasteiger partial charge in [0.25, 0.3) is 0 Å². The molecular formula is C19H19BrClN3O2. The van der Waals surface area contributed by atoms with Crippen LogP contribution in [-0.4, -0.2) is 35.3 Å². The van der Waals surface area contributed by atoms with Gasteiger partial charge >= 0.3 is 0 Å². The maximum absolute atomic E-state index is 5.94. The van der Waals surface area contributed by atoms with Gasteiger partial charge in [-0.3, -0.25) is 4.90 Å². The molecule has 1 aromatic heterocycles. The smallest absolute Gasteiger partial charge is 0.248 e. The monoisotopic (exact) mass is 435 g/mol. The van der Waals surface area contributed by atoms with E-state index in [4.69, 9.17) is 20.8 Å². The summed E-state index contributed by atoms with van der Waals surface area (Å²) in [5, 5.41) is 8.95. The predicted molar refractivity (Wildman–Crippen MR) is 105 cm³/mol. The number of benzene rings is 2. The van der Waals surface area contributed by atoms with Crippen molar-refractivity contribution in [3.63, 3.8) is 0 Å². The van der Waals surface area contributed by atoms with Crippen molar-refractivity contribution in [2.24, 2.45) is 0 Å². The lowest BCUT2D eigenvalue weighted by Gasteiger charge is -2.14. The highest BCUT2D eigenvalue weighted by atomic mass is 79.9. The molecule has 0 aliphatic carbocycles. The van der Waals surface area contributed by atoms with Crippen molar-refractivity contribution >= 4 is 27.5 Å². The van der Waals surface area contributed by atoms with Gasteiger partial charge in [-0.1, -0.05) is 29.8 Å². The van der Waals surface area contributed by atoms with Crippen molar-refractivity contribution in [1.82, 2.24) is 15.1 Å². The van der Waals surface area contributed by atoms with E-state index >= 15 is 0 Å². The molecule has 0 saturated carbocycles. The number of ether oxygens (including phenoxy) is 1. The number of aromatic nitrogens is 2. The molecule has 0 aliphatic rings. The highest BCUT2D eigenvalue weighted by molar-refractivity contribution is 9.10. The van der Waals surface area contributed by atoms with Gasteiger partial charge in [-0.2, -0.15) is 0 Å². The van der Waals surface area contributed by atoms with Gasteiger partial charge in [0, 0.05) is 16.0 Å². The first kappa shape index (κ1) is 18.9. The lowest BCUT2D eigenvalue weighted by Crippen LogP contribution is -2.21.